The molecule has 0 atom stereocenters. The molecule has 5 nitrogen and oxygen atoms in total. The van der Waals surface area contributed by atoms with Crippen molar-refractivity contribution in [3.63, 3.8) is 0 Å². The number of amides is 1. The quantitative estimate of drug-likeness (QED) is 0.946. The van der Waals surface area contributed by atoms with E-state index in [2.05, 4.69) is 5.32 Å². The number of aryl methyl sites for hydroxylation is 3. The molecule has 1 fully saturated rings. The standard InChI is InChI=1S/C18H25N3O2/c1-12-10-21(3)18(23)15-14(11-20(2)16(12)15)17(22)19-9-13-7-5-4-6-8-13/h10-11,13H,4-9H2,1-3H3,(H,19,22). The molecule has 0 aliphatic heterocycles. The van der Waals surface area contributed by atoms with Crippen LogP contribution in [-0.4, -0.2) is 21.6 Å². The second-order valence-electron chi connectivity index (χ2n) is 6.82. The predicted molar refractivity (Wildman–Crippen MR) is 91.8 cm³/mol. The minimum atomic E-state index is -0.135. The first-order chi connectivity index (χ1) is 11.0. The molecule has 1 amide bonds. The second kappa shape index (κ2) is 6.22. The largest absolute Gasteiger partial charge is 0.352 e. The molecule has 3 rings (SSSR count). The summed E-state index contributed by atoms with van der Waals surface area (Å²) in [6.45, 7) is 2.67. The molecule has 1 N–H and O–H groups in total. The molecule has 1 saturated carbocycles. The lowest BCUT2D eigenvalue weighted by atomic mass is 9.89. The molecule has 0 unspecified atom stereocenters. The maximum atomic E-state index is 12.6. The molecule has 0 bridgehead atoms. The Labute approximate surface area is 136 Å². The van der Waals surface area contributed by atoms with Crippen LogP contribution in [0.2, 0.25) is 0 Å². The van der Waals surface area contributed by atoms with Gasteiger partial charge in [-0.1, -0.05) is 19.3 Å². The van der Waals surface area contributed by atoms with Crippen molar-refractivity contribution in [2.24, 2.45) is 20.0 Å². The summed E-state index contributed by atoms with van der Waals surface area (Å²) in [5, 5.41) is 3.56. The molecule has 0 aromatic carbocycles. The fourth-order valence-electron chi connectivity index (χ4n) is 3.80. The zero-order valence-corrected chi connectivity index (χ0v) is 14.2. The van der Waals surface area contributed by atoms with Crippen LogP contribution in [-0.2, 0) is 14.1 Å². The smallest absolute Gasteiger partial charge is 0.260 e. The van der Waals surface area contributed by atoms with Crippen molar-refractivity contribution in [3.05, 3.63) is 33.9 Å². The molecule has 5 heteroatoms. The van der Waals surface area contributed by atoms with Gasteiger partial charge in [-0.15, -0.1) is 0 Å². The summed E-state index contributed by atoms with van der Waals surface area (Å²) in [7, 11) is 3.61. The maximum Gasteiger partial charge on any atom is 0.260 e. The van der Waals surface area contributed by atoms with Crippen LogP contribution < -0.4 is 10.9 Å². The van der Waals surface area contributed by atoms with Crippen LogP contribution in [0.4, 0.5) is 0 Å². The van der Waals surface area contributed by atoms with Crippen LogP contribution >= 0.6 is 0 Å². The fourth-order valence-corrected chi connectivity index (χ4v) is 3.80. The van der Waals surface area contributed by atoms with Gasteiger partial charge in [-0.3, -0.25) is 9.59 Å². The van der Waals surface area contributed by atoms with Crippen molar-refractivity contribution in [2.75, 3.05) is 6.54 Å². The third-order valence-corrected chi connectivity index (χ3v) is 5.00. The summed E-state index contributed by atoms with van der Waals surface area (Å²) in [4.78, 5) is 25.1. The number of carbonyl (C=O) groups is 1. The molecule has 23 heavy (non-hydrogen) atoms. The van der Waals surface area contributed by atoms with E-state index in [0.717, 1.165) is 11.1 Å². The van der Waals surface area contributed by atoms with Gasteiger partial charge < -0.3 is 14.5 Å². The normalized spacial score (nSPS) is 16.0. The Balaban J connectivity index is 1.90. The van der Waals surface area contributed by atoms with E-state index in [4.69, 9.17) is 0 Å². The Bertz CT molecular complexity index is 795. The van der Waals surface area contributed by atoms with E-state index in [0.29, 0.717) is 23.4 Å². The van der Waals surface area contributed by atoms with Crippen LogP contribution in [0.1, 0.15) is 48.0 Å². The molecular formula is C18H25N3O2. The van der Waals surface area contributed by atoms with Gasteiger partial charge in [0.15, 0.2) is 0 Å². The third-order valence-electron chi connectivity index (χ3n) is 5.00. The molecule has 1 aliphatic carbocycles. The van der Waals surface area contributed by atoms with E-state index >= 15 is 0 Å². The van der Waals surface area contributed by atoms with E-state index in [1.165, 1.54) is 32.1 Å². The lowest BCUT2D eigenvalue weighted by Crippen LogP contribution is -2.31. The lowest BCUT2D eigenvalue weighted by molar-refractivity contribution is 0.0945. The number of carbonyl (C=O) groups excluding carboxylic acids is 1. The molecule has 0 saturated heterocycles. The Hall–Kier alpha value is -2.04. The molecule has 124 valence electrons. The van der Waals surface area contributed by atoms with Crippen LogP contribution in [0.5, 0.6) is 0 Å². The summed E-state index contributed by atoms with van der Waals surface area (Å²) in [6, 6.07) is 0. The number of hydrogen-bond donors (Lipinski definition) is 1. The van der Waals surface area contributed by atoms with Crippen LogP contribution in [0.25, 0.3) is 10.9 Å². The number of rotatable bonds is 3. The second-order valence-corrected chi connectivity index (χ2v) is 6.82. The van der Waals surface area contributed by atoms with Crippen molar-refractivity contribution in [3.8, 4) is 0 Å². The van der Waals surface area contributed by atoms with Gasteiger partial charge in [0.25, 0.3) is 11.5 Å². The first kappa shape index (κ1) is 15.8. The van der Waals surface area contributed by atoms with E-state index in [1.54, 1.807) is 17.8 Å². The fraction of sp³-hybridized carbons (Fsp3) is 0.556. The summed E-state index contributed by atoms with van der Waals surface area (Å²) in [5.41, 5.74) is 2.21. The number of aromatic nitrogens is 2. The summed E-state index contributed by atoms with van der Waals surface area (Å²) >= 11 is 0. The van der Waals surface area contributed by atoms with Crippen molar-refractivity contribution in [1.82, 2.24) is 14.5 Å². The Morgan fingerprint density at radius 2 is 1.87 bits per heavy atom. The molecule has 2 heterocycles. The van der Waals surface area contributed by atoms with Crippen molar-refractivity contribution >= 4 is 16.8 Å². The van der Waals surface area contributed by atoms with Gasteiger partial charge in [-0.2, -0.15) is 0 Å². The SMILES string of the molecule is Cc1cn(C)c(=O)c2c(C(=O)NCC3CCCCC3)cn(C)c12. The highest BCUT2D eigenvalue weighted by molar-refractivity contribution is 6.07. The highest BCUT2D eigenvalue weighted by Gasteiger charge is 2.20. The maximum absolute atomic E-state index is 12.6. The minimum Gasteiger partial charge on any atom is -0.352 e. The topological polar surface area (TPSA) is 56.0 Å². The van der Waals surface area contributed by atoms with Gasteiger partial charge in [0, 0.05) is 33.0 Å². The highest BCUT2D eigenvalue weighted by Crippen LogP contribution is 2.24. The number of fused-ring (bicyclic) bond motifs is 1. The van der Waals surface area contributed by atoms with E-state index in [1.807, 2.05) is 24.7 Å². The number of nitrogens with zero attached hydrogens (tertiary/aromatic N) is 2. The van der Waals surface area contributed by atoms with Crippen LogP contribution in [0.3, 0.4) is 0 Å². The Morgan fingerprint density at radius 3 is 2.57 bits per heavy atom. The molecule has 0 spiro atoms. The average molecular weight is 315 g/mol. The number of pyridine rings is 1. The first-order valence-corrected chi connectivity index (χ1v) is 8.42. The summed E-state index contributed by atoms with van der Waals surface area (Å²) in [5.74, 6) is 0.441. The molecular weight excluding hydrogens is 290 g/mol. The Kier molecular flexibility index (Phi) is 4.28. The molecule has 0 radical (unpaired) electrons. The van der Waals surface area contributed by atoms with E-state index < -0.39 is 0 Å². The average Bonchev–Trinajstić information content (AvgIpc) is 2.89. The lowest BCUT2D eigenvalue weighted by Gasteiger charge is -2.21. The van der Waals surface area contributed by atoms with Gasteiger partial charge in [-0.25, -0.2) is 0 Å². The minimum absolute atomic E-state index is 0.117. The zero-order valence-electron chi connectivity index (χ0n) is 14.2. The number of nitrogens with one attached hydrogen (secondary N) is 1. The van der Waals surface area contributed by atoms with Gasteiger partial charge in [-0.05, 0) is 31.2 Å². The first-order valence-electron chi connectivity index (χ1n) is 8.42. The van der Waals surface area contributed by atoms with Gasteiger partial charge in [0.2, 0.25) is 0 Å². The van der Waals surface area contributed by atoms with Gasteiger partial charge in [0.05, 0.1) is 16.5 Å². The molecule has 2 aromatic rings. The highest BCUT2D eigenvalue weighted by atomic mass is 16.2. The summed E-state index contributed by atoms with van der Waals surface area (Å²) in [6.07, 6.45) is 9.79. The van der Waals surface area contributed by atoms with Crippen molar-refractivity contribution in [1.29, 1.82) is 0 Å². The summed E-state index contributed by atoms with van der Waals surface area (Å²) < 4.78 is 3.43. The van der Waals surface area contributed by atoms with E-state index in [9.17, 15) is 9.59 Å². The van der Waals surface area contributed by atoms with Crippen LogP contribution in [0, 0.1) is 12.8 Å². The molecule has 1 aliphatic rings. The zero-order chi connectivity index (χ0) is 16.6. The van der Waals surface area contributed by atoms with E-state index in [-0.39, 0.29) is 11.5 Å². The monoisotopic (exact) mass is 315 g/mol. The molecule has 2 aromatic heterocycles. The Morgan fingerprint density at radius 1 is 1.17 bits per heavy atom. The van der Waals surface area contributed by atoms with Crippen molar-refractivity contribution in [2.45, 2.75) is 39.0 Å². The van der Waals surface area contributed by atoms with Gasteiger partial charge in [0.1, 0.15) is 0 Å². The predicted octanol–water partition coefficient (Wildman–Crippen LogP) is 2.50. The van der Waals surface area contributed by atoms with Crippen LogP contribution in [0.15, 0.2) is 17.2 Å². The third kappa shape index (κ3) is 2.92. The van der Waals surface area contributed by atoms with Gasteiger partial charge >= 0.3 is 0 Å². The van der Waals surface area contributed by atoms with Crippen molar-refractivity contribution < 1.29 is 4.79 Å². The number of hydrogen-bond acceptors (Lipinski definition) is 2.